The van der Waals surface area contributed by atoms with Gasteiger partial charge in [-0.2, -0.15) is 0 Å². The smallest absolute Gasteiger partial charge is 0.270 e. The molecule has 0 spiro atoms. The van der Waals surface area contributed by atoms with Gasteiger partial charge in [-0.3, -0.25) is 9.78 Å². The fraction of sp³-hybridized carbons (Fsp3) is 0.320. The first-order chi connectivity index (χ1) is 15.4. The number of hydrogen-bond donors (Lipinski definition) is 2. The molecule has 7 heteroatoms. The van der Waals surface area contributed by atoms with Gasteiger partial charge in [0.2, 0.25) is 0 Å². The monoisotopic (exact) mass is 445 g/mol. The van der Waals surface area contributed by atoms with Crippen LogP contribution in [0.1, 0.15) is 50.3 Å². The van der Waals surface area contributed by atoms with Crippen molar-refractivity contribution in [2.24, 2.45) is 0 Å². The van der Waals surface area contributed by atoms with Crippen molar-refractivity contribution >= 4 is 39.0 Å². The number of carbonyl (C=O) groups is 1. The van der Waals surface area contributed by atoms with Crippen molar-refractivity contribution < 1.29 is 4.79 Å². The number of rotatable bonds is 4. The summed E-state index contributed by atoms with van der Waals surface area (Å²) in [6.45, 7) is 9.61. The van der Waals surface area contributed by atoms with E-state index in [0.717, 1.165) is 51.8 Å². The van der Waals surface area contributed by atoms with Gasteiger partial charge in [0.25, 0.3) is 5.91 Å². The van der Waals surface area contributed by atoms with E-state index >= 15 is 0 Å². The maximum absolute atomic E-state index is 13.2. The number of pyridine rings is 1. The van der Waals surface area contributed by atoms with Gasteiger partial charge in [-0.25, -0.2) is 4.98 Å². The summed E-state index contributed by atoms with van der Waals surface area (Å²) in [5.74, 6) is 0.285. The minimum atomic E-state index is 0.0582. The molecule has 1 aliphatic rings. The second-order valence-corrected chi connectivity index (χ2v) is 9.87. The normalized spacial score (nSPS) is 16.1. The van der Waals surface area contributed by atoms with Crippen LogP contribution in [-0.4, -0.2) is 38.8 Å². The number of aromatic nitrogens is 3. The van der Waals surface area contributed by atoms with E-state index in [2.05, 4.69) is 41.3 Å². The van der Waals surface area contributed by atoms with E-state index in [1.165, 1.54) is 10.4 Å². The maximum atomic E-state index is 13.2. The summed E-state index contributed by atoms with van der Waals surface area (Å²) < 4.78 is 0. The first-order valence-electron chi connectivity index (χ1n) is 10.9. The van der Waals surface area contributed by atoms with Gasteiger partial charge in [0, 0.05) is 51.9 Å². The zero-order valence-corrected chi connectivity index (χ0v) is 19.6. The van der Waals surface area contributed by atoms with Gasteiger partial charge in [-0.15, -0.1) is 11.3 Å². The summed E-state index contributed by atoms with van der Waals surface area (Å²) in [6, 6.07) is 12.2. The number of aromatic amines is 1. The first kappa shape index (κ1) is 20.7. The predicted octanol–water partition coefficient (Wildman–Crippen LogP) is 5.63. The molecule has 1 aromatic carbocycles. The van der Waals surface area contributed by atoms with Crippen LogP contribution in [0.2, 0.25) is 0 Å². The minimum Gasteiger partial charge on any atom is -0.351 e. The lowest BCUT2D eigenvalue weighted by Crippen LogP contribution is -2.28. The predicted molar refractivity (Wildman–Crippen MR) is 130 cm³/mol. The average molecular weight is 446 g/mol. The molecule has 5 rings (SSSR count). The van der Waals surface area contributed by atoms with Crippen molar-refractivity contribution in [3.8, 4) is 0 Å². The molecule has 1 aliphatic heterocycles. The van der Waals surface area contributed by atoms with Crippen molar-refractivity contribution in [3.05, 3.63) is 69.6 Å². The molecule has 0 radical (unpaired) electrons. The Morgan fingerprint density at radius 1 is 1.16 bits per heavy atom. The van der Waals surface area contributed by atoms with Crippen LogP contribution in [0, 0.1) is 27.7 Å². The van der Waals surface area contributed by atoms with E-state index in [-0.39, 0.29) is 11.8 Å². The summed E-state index contributed by atoms with van der Waals surface area (Å²) in [6.07, 6.45) is 0.913. The maximum Gasteiger partial charge on any atom is 0.270 e. The molecule has 32 heavy (non-hydrogen) atoms. The van der Waals surface area contributed by atoms with Crippen LogP contribution >= 0.6 is 11.3 Å². The van der Waals surface area contributed by atoms with Crippen molar-refractivity contribution in [2.45, 2.75) is 40.0 Å². The van der Waals surface area contributed by atoms with E-state index in [0.29, 0.717) is 12.2 Å². The Labute approximate surface area is 191 Å². The molecular formula is C25H27N5OS. The van der Waals surface area contributed by atoms with Gasteiger partial charge >= 0.3 is 0 Å². The third-order valence-electron chi connectivity index (χ3n) is 6.26. The SMILES string of the molecule is Cc1cc(Nc2nc(C)c(C)s2)cc([C@@H]2CCN(C(=O)c3cc4c(C)cccc4[nH]3)C2)n1. The molecule has 0 unspecified atom stereocenters. The molecular weight excluding hydrogens is 418 g/mol. The number of nitrogens with one attached hydrogen (secondary N) is 2. The lowest BCUT2D eigenvalue weighted by Gasteiger charge is -2.16. The number of likely N-dealkylation sites (tertiary alicyclic amines) is 1. The number of carbonyl (C=O) groups excluding carboxylic acids is 1. The number of H-pyrrole nitrogens is 1. The number of thiazole rings is 1. The number of anilines is 2. The standard InChI is InChI=1S/C25H27N5OS/c1-14-6-5-7-21-20(14)12-23(29-21)24(31)30-9-8-18(13-30)22-11-19(10-15(2)26-22)28-25-27-16(3)17(4)32-25/h5-7,10-12,18,29H,8-9,13H2,1-4H3,(H,26,27,28)/t18-/m1/s1. The summed E-state index contributed by atoms with van der Waals surface area (Å²) >= 11 is 1.66. The number of benzene rings is 1. The van der Waals surface area contributed by atoms with E-state index in [9.17, 15) is 4.79 Å². The highest BCUT2D eigenvalue weighted by atomic mass is 32.1. The highest BCUT2D eigenvalue weighted by Crippen LogP contribution is 2.31. The third-order valence-corrected chi connectivity index (χ3v) is 7.25. The van der Waals surface area contributed by atoms with Gasteiger partial charge in [0.1, 0.15) is 5.69 Å². The average Bonchev–Trinajstić information content (AvgIpc) is 3.47. The molecule has 0 aliphatic carbocycles. The molecule has 1 saturated heterocycles. The van der Waals surface area contributed by atoms with Gasteiger partial charge in [-0.1, -0.05) is 12.1 Å². The Hall–Kier alpha value is -3.19. The van der Waals surface area contributed by atoms with Crippen LogP contribution < -0.4 is 5.32 Å². The number of nitrogens with zero attached hydrogens (tertiary/aromatic N) is 3. The van der Waals surface area contributed by atoms with E-state index in [4.69, 9.17) is 4.98 Å². The third kappa shape index (κ3) is 3.88. The van der Waals surface area contributed by atoms with Crippen LogP contribution in [0.3, 0.4) is 0 Å². The summed E-state index contributed by atoms with van der Waals surface area (Å²) in [5, 5.41) is 5.44. The summed E-state index contributed by atoms with van der Waals surface area (Å²) in [4.78, 5) is 29.0. The number of aryl methyl sites for hydroxylation is 4. The Morgan fingerprint density at radius 2 is 2.00 bits per heavy atom. The minimum absolute atomic E-state index is 0.0582. The highest BCUT2D eigenvalue weighted by Gasteiger charge is 2.30. The molecule has 3 aromatic heterocycles. The first-order valence-corrected chi connectivity index (χ1v) is 11.8. The largest absolute Gasteiger partial charge is 0.351 e. The molecule has 0 saturated carbocycles. The Morgan fingerprint density at radius 3 is 2.75 bits per heavy atom. The summed E-state index contributed by atoms with van der Waals surface area (Å²) in [7, 11) is 0. The summed E-state index contributed by atoms with van der Waals surface area (Å²) in [5.41, 5.74) is 6.88. The quantitative estimate of drug-likeness (QED) is 0.427. The lowest BCUT2D eigenvalue weighted by molar-refractivity contribution is 0.0786. The van der Waals surface area contributed by atoms with Gasteiger partial charge in [0.05, 0.1) is 5.69 Å². The van der Waals surface area contributed by atoms with Gasteiger partial charge < -0.3 is 15.2 Å². The molecule has 2 N–H and O–H groups in total. The molecule has 0 bridgehead atoms. The molecule has 164 valence electrons. The number of fused-ring (bicyclic) bond motifs is 1. The fourth-order valence-corrected chi connectivity index (χ4v) is 5.24. The molecule has 6 nitrogen and oxygen atoms in total. The second kappa shape index (κ2) is 8.06. The molecule has 1 amide bonds. The van der Waals surface area contributed by atoms with Crippen molar-refractivity contribution in [1.82, 2.24) is 19.9 Å². The van der Waals surface area contributed by atoms with Crippen molar-refractivity contribution in [1.29, 1.82) is 0 Å². The van der Waals surface area contributed by atoms with Crippen LogP contribution in [0.15, 0.2) is 36.4 Å². The second-order valence-electron chi connectivity index (χ2n) is 8.66. The Balaban J connectivity index is 1.33. The fourth-order valence-electron chi connectivity index (χ4n) is 4.40. The zero-order valence-electron chi connectivity index (χ0n) is 18.8. The van der Waals surface area contributed by atoms with E-state index in [1.807, 2.05) is 43.0 Å². The molecule has 4 aromatic rings. The van der Waals surface area contributed by atoms with Crippen LogP contribution in [0.25, 0.3) is 10.9 Å². The van der Waals surface area contributed by atoms with E-state index < -0.39 is 0 Å². The molecule has 4 heterocycles. The Bertz CT molecular complexity index is 1300. The van der Waals surface area contributed by atoms with Crippen LogP contribution in [0.5, 0.6) is 0 Å². The molecule has 1 atom stereocenters. The van der Waals surface area contributed by atoms with Gasteiger partial charge in [-0.05, 0) is 63.9 Å². The molecule has 1 fully saturated rings. The van der Waals surface area contributed by atoms with Crippen molar-refractivity contribution in [2.75, 3.05) is 18.4 Å². The topological polar surface area (TPSA) is 73.9 Å². The van der Waals surface area contributed by atoms with Crippen LogP contribution in [0.4, 0.5) is 10.8 Å². The Kier molecular flexibility index (Phi) is 5.21. The number of hydrogen-bond acceptors (Lipinski definition) is 5. The van der Waals surface area contributed by atoms with Crippen molar-refractivity contribution in [3.63, 3.8) is 0 Å². The zero-order chi connectivity index (χ0) is 22.4. The highest BCUT2D eigenvalue weighted by molar-refractivity contribution is 7.15. The lowest BCUT2D eigenvalue weighted by atomic mass is 10.0. The van der Waals surface area contributed by atoms with Gasteiger partial charge in [0.15, 0.2) is 5.13 Å². The van der Waals surface area contributed by atoms with E-state index in [1.54, 1.807) is 11.3 Å². The van der Waals surface area contributed by atoms with Crippen LogP contribution in [-0.2, 0) is 0 Å². The number of amides is 1.